The van der Waals surface area contributed by atoms with E-state index in [9.17, 15) is 18.0 Å². The summed E-state index contributed by atoms with van der Waals surface area (Å²) in [4.78, 5) is 14.8. The van der Waals surface area contributed by atoms with E-state index in [0.717, 1.165) is 32.1 Å². The van der Waals surface area contributed by atoms with Crippen LogP contribution in [0.1, 0.15) is 21.5 Å². The van der Waals surface area contributed by atoms with Crippen LogP contribution in [-0.4, -0.2) is 43.3 Å². The molecule has 2 aliphatic rings. The van der Waals surface area contributed by atoms with Crippen molar-refractivity contribution in [1.82, 2.24) is 10.2 Å². The van der Waals surface area contributed by atoms with Gasteiger partial charge in [-0.1, -0.05) is 35.9 Å². The highest BCUT2D eigenvalue weighted by Crippen LogP contribution is 2.51. The fourth-order valence-corrected chi connectivity index (χ4v) is 4.41. The number of alkyl halides is 3. The molecule has 2 fully saturated rings. The lowest BCUT2D eigenvalue weighted by atomic mass is 10.1. The summed E-state index contributed by atoms with van der Waals surface area (Å²) in [6.45, 7) is 5.78. The maximum Gasteiger partial charge on any atom is 0.573 e. The van der Waals surface area contributed by atoms with Crippen molar-refractivity contribution >= 4 is 5.91 Å². The van der Waals surface area contributed by atoms with Gasteiger partial charge in [0.15, 0.2) is 0 Å². The van der Waals surface area contributed by atoms with E-state index < -0.39 is 6.36 Å². The number of likely N-dealkylation sites (tertiary alicyclic amines) is 1. The Morgan fingerprint density at radius 1 is 1.13 bits per heavy atom. The smallest absolute Gasteiger partial charge is 0.406 e. The molecule has 4 nitrogen and oxygen atoms in total. The molecule has 1 aliphatic heterocycles. The molecule has 30 heavy (non-hydrogen) atoms. The number of halogens is 3. The Morgan fingerprint density at radius 3 is 2.50 bits per heavy atom. The van der Waals surface area contributed by atoms with E-state index in [2.05, 4.69) is 46.1 Å². The third kappa shape index (κ3) is 5.14. The molecular formula is C23H25F3N2O2. The maximum absolute atomic E-state index is 12.3. The van der Waals surface area contributed by atoms with Crippen LogP contribution in [0.3, 0.4) is 0 Å². The predicted molar refractivity (Wildman–Crippen MR) is 107 cm³/mol. The number of aryl methyl sites for hydroxylation is 1. The summed E-state index contributed by atoms with van der Waals surface area (Å²) in [6, 6.07) is 13.8. The van der Waals surface area contributed by atoms with Crippen molar-refractivity contribution in [3.63, 3.8) is 0 Å². The summed E-state index contributed by atoms with van der Waals surface area (Å²) >= 11 is 0. The van der Waals surface area contributed by atoms with Gasteiger partial charge in [0.05, 0.1) is 0 Å². The number of ether oxygens (including phenoxy) is 1. The Labute approximate surface area is 174 Å². The number of piperidine rings is 1. The second-order valence-corrected chi connectivity index (χ2v) is 8.27. The van der Waals surface area contributed by atoms with Crippen molar-refractivity contribution in [3.05, 3.63) is 65.2 Å². The Morgan fingerprint density at radius 2 is 1.83 bits per heavy atom. The summed E-state index contributed by atoms with van der Waals surface area (Å²) in [5.74, 6) is 0.900. The summed E-state index contributed by atoms with van der Waals surface area (Å²) in [5, 5.41) is 2.86. The standard InChI is InChI=1S/C23H25F3N2O2/c1-15-5-7-16(8-6-15)9-10-28-13-20-19(21(20)14-28)12-27-22(29)17-3-2-4-18(11-17)30-23(24,25)26/h2-8,11,19-21H,9-10,12-14H2,1H3,(H,27,29). The van der Waals surface area contributed by atoms with Gasteiger partial charge in [0, 0.05) is 31.7 Å². The van der Waals surface area contributed by atoms with Crippen LogP contribution in [-0.2, 0) is 6.42 Å². The minimum absolute atomic E-state index is 0.169. The molecule has 2 atom stereocenters. The first-order chi connectivity index (χ1) is 14.3. The third-order valence-corrected chi connectivity index (χ3v) is 6.11. The van der Waals surface area contributed by atoms with Crippen molar-refractivity contribution in [3.8, 4) is 5.75 Å². The quantitative estimate of drug-likeness (QED) is 0.738. The zero-order valence-corrected chi connectivity index (χ0v) is 16.8. The summed E-state index contributed by atoms with van der Waals surface area (Å²) in [5.41, 5.74) is 2.79. The topological polar surface area (TPSA) is 41.6 Å². The number of amides is 1. The molecule has 7 heteroatoms. The molecule has 1 saturated carbocycles. The third-order valence-electron chi connectivity index (χ3n) is 6.11. The lowest BCUT2D eigenvalue weighted by Gasteiger charge is -2.19. The fourth-order valence-electron chi connectivity index (χ4n) is 4.41. The number of nitrogens with one attached hydrogen (secondary N) is 1. The van der Waals surface area contributed by atoms with E-state index in [0.29, 0.717) is 24.3 Å². The van der Waals surface area contributed by atoms with Crippen LogP contribution in [0, 0.1) is 24.7 Å². The van der Waals surface area contributed by atoms with Crippen LogP contribution in [0.15, 0.2) is 48.5 Å². The largest absolute Gasteiger partial charge is 0.573 e. The minimum Gasteiger partial charge on any atom is -0.406 e. The molecule has 2 aromatic rings. The van der Waals surface area contributed by atoms with E-state index in [1.165, 1.54) is 29.3 Å². The van der Waals surface area contributed by atoms with Crippen LogP contribution < -0.4 is 10.1 Å². The van der Waals surface area contributed by atoms with Crippen molar-refractivity contribution in [2.75, 3.05) is 26.2 Å². The van der Waals surface area contributed by atoms with E-state index in [4.69, 9.17) is 0 Å². The van der Waals surface area contributed by atoms with Gasteiger partial charge < -0.3 is 15.0 Å². The minimum atomic E-state index is -4.77. The van der Waals surface area contributed by atoms with Crippen LogP contribution in [0.5, 0.6) is 5.75 Å². The van der Waals surface area contributed by atoms with Crippen molar-refractivity contribution in [1.29, 1.82) is 0 Å². The van der Waals surface area contributed by atoms with Gasteiger partial charge in [0.1, 0.15) is 5.75 Å². The number of fused-ring (bicyclic) bond motifs is 1. The van der Waals surface area contributed by atoms with Gasteiger partial charge in [-0.05, 0) is 54.9 Å². The van der Waals surface area contributed by atoms with Crippen LogP contribution in [0.25, 0.3) is 0 Å². The normalized spacial score (nSPS) is 23.1. The highest BCUT2D eigenvalue weighted by Gasteiger charge is 2.54. The Bertz CT molecular complexity index is 886. The first-order valence-electron chi connectivity index (χ1n) is 10.2. The van der Waals surface area contributed by atoms with Crippen molar-refractivity contribution in [2.45, 2.75) is 19.7 Å². The molecule has 0 aromatic heterocycles. The molecule has 1 aliphatic carbocycles. The van der Waals surface area contributed by atoms with Gasteiger partial charge in [-0.3, -0.25) is 4.79 Å². The molecule has 4 rings (SSSR count). The number of nitrogens with zero attached hydrogens (tertiary/aromatic N) is 1. The summed E-state index contributed by atoms with van der Waals surface area (Å²) in [6.07, 6.45) is -3.73. The van der Waals surface area contributed by atoms with Gasteiger partial charge in [-0.2, -0.15) is 0 Å². The first kappa shape index (κ1) is 20.7. The predicted octanol–water partition coefficient (Wildman–Crippen LogP) is 4.04. The summed E-state index contributed by atoms with van der Waals surface area (Å²) in [7, 11) is 0. The molecule has 0 spiro atoms. The molecule has 2 unspecified atom stereocenters. The molecule has 1 heterocycles. The molecule has 2 aromatic carbocycles. The Kier molecular flexibility index (Phi) is 5.73. The second-order valence-electron chi connectivity index (χ2n) is 8.27. The number of rotatable bonds is 7. The second kappa shape index (κ2) is 8.30. The molecular weight excluding hydrogens is 393 g/mol. The lowest BCUT2D eigenvalue weighted by molar-refractivity contribution is -0.274. The fraction of sp³-hybridized carbons (Fsp3) is 0.435. The van der Waals surface area contributed by atoms with Crippen LogP contribution in [0.4, 0.5) is 13.2 Å². The Balaban J connectivity index is 1.19. The van der Waals surface area contributed by atoms with Gasteiger partial charge in [0.2, 0.25) is 0 Å². The average molecular weight is 418 g/mol. The van der Waals surface area contributed by atoms with Crippen molar-refractivity contribution in [2.24, 2.45) is 17.8 Å². The monoisotopic (exact) mass is 418 g/mol. The highest BCUT2D eigenvalue weighted by atomic mass is 19.4. The number of carbonyl (C=O) groups is 1. The van der Waals surface area contributed by atoms with Crippen LogP contribution >= 0.6 is 0 Å². The van der Waals surface area contributed by atoms with E-state index in [-0.39, 0.29) is 17.2 Å². The van der Waals surface area contributed by atoms with E-state index in [1.807, 2.05) is 0 Å². The van der Waals surface area contributed by atoms with E-state index >= 15 is 0 Å². The lowest BCUT2D eigenvalue weighted by Crippen LogP contribution is -2.31. The number of benzene rings is 2. The molecule has 1 N–H and O–H groups in total. The van der Waals surface area contributed by atoms with Gasteiger partial charge >= 0.3 is 6.36 Å². The summed E-state index contributed by atoms with van der Waals surface area (Å²) < 4.78 is 40.9. The number of carbonyl (C=O) groups excluding carboxylic acids is 1. The molecule has 0 bridgehead atoms. The van der Waals surface area contributed by atoms with Crippen molar-refractivity contribution < 1.29 is 22.7 Å². The molecule has 160 valence electrons. The Hall–Kier alpha value is -2.54. The number of hydrogen-bond donors (Lipinski definition) is 1. The van der Waals surface area contributed by atoms with Gasteiger partial charge in [0.25, 0.3) is 5.91 Å². The van der Waals surface area contributed by atoms with Gasteiger partial charge in [-0.25, -0.2) is 0 Å². The number of hydrogen-bond acceptors (Lipinski definition) is 3. The maximum atomic E-state index is 12.3. The van der Waals surface area contributed by atoms with E-state index in [1.54, 1.807) is 0 Å². The first-order valence-corrected chi connectivity index (χ1v) is 10.2. The zero-order chi connectivity index (χ0) is 21.3. The van der Waals surface area contributed by atoms with Gasteiger partial charge in [-0.15, -0.1) is 13.2 Å². The molecule has 0 radical (unpaired) electrons. The average Bonchev–Trinajstić information content (AvgIpc) is 3.14. The molecule has 1 saturated heterocycles. The van der Waals surface area contributed by atoms with Crippen LogP contribution in [0.2, 0.25) is 0 Å². The highest BCUT2D eigenvalue weighted by molar-refractivity contribution is 5.94. The molecule has 1 amide bonds. The zero-order valence-electron chi connectivity index (χ0n) is 16.8. The SMILES string of the molecule is Cc1ccc(CCN2CC3C(CNC(=O)c4cccc(OC(F)(F)F)c4)C3C2)cc1.